The molecule has 0 bridgehead atoms. The molecule has 1 rings (SSSR count). The lowest BCUT2D eigenvalue weighted by Gasteiger charge is -2.11. The average molecular weight is 291 g/mol. The monoisotopic (exact) mass is 290 g/mol. The molecule has 0 aliphatic heterocycles. The number of rotatable bonds is 5. The Kier molecular flexibility index (Phi) is 4.66. The van der Waals surface area contributed by atoms with Crippen LogP contribution in [0.1, 0.15) is 0 Å². The van der Waals surface area contributed by atoms with Crippen LogP contribution in [0.2, 0.25) is 0 Å². The van der Waals surface area contributed by atoms with E-state index in [2.05, 4.69) is 21.2 Å². The van der Waals surface area contributed by atoms with Crippen LogP contribution in [0.4, 0.5) is 11.4 Å². The summed E-state index contributed by atoms with van der Waals surface area (Å²) in [5.74, 6) is 0. The molecular formula is C9H11BrN2O4. The fraction of sp³-hybridized carbons (Fsp3) is 0.333. The zero-order valence-corrected chi connectivity index (χ0v) is 9.85. The van der Waals surface area contributed by atoms with Gasteiger partial charge >= 0.3 is 0 Å². The Morgan fingerprint density at radius 3 is 2.81 bits per heavy atom. The Morgan fingerprint density at radius 2 is 2.25 bits per heavy atom. The van der Waals surface area contributed by atoms with Gasteiger partial charge in [-0.25, -0.2) is 0 Å². The minimum absolute atomic E-state index is 0.0378. The van der Waals surface area contributed by atoms with Crippen molar-refractivity contribution in [2.45, 2.75) is 6.10 Å². The highest BCUT2D eigenvalue weighted by atomic mass is 79.9. The summed E-state index contributed by atoms with van der Waals surface area (Å²) in [6.45, 7) is -0.240. The first kappa shape index (κ1) is 12.9. The van der Waals surface area contributed by atoms with Crippen molar-refractivity contribution in [2.75, 3.05) is 18.5 Å². The minimum Gasteiger partial charge on any atom is -0.394 e. The third-order valence-corrected chi connectivity index (χ3v) is 2.59. The number of benzene rings is 1. The maximum atomic E-state index is 10.5. The second-order valence-electron chi connectivity index (χ2n) is 3.14. The number of non-ortho nitro benzene ring substituents is 1. The van der Waals surface area contributed by atoms with Crippen molar-refractivity contribution in [3.05, 3.63) is 32.8 Å². The maximum absolute atomic E-state index is 10.5. The quantitative estimate of drug-likeness (QED) is 0.558. The lowest BCUT2D eigenvalue weighted by atomic mass is 10.2. The molecule has 0 amide bonds. The van der Waals surface area contributed by atoms with Gasteiger partial charge in [0.2, 0.25) is 0 Å². The summed E-state index contributed by atoms with van der Waals surface area (Å²) in [7, 11) is 0. The second-order valence-corrected chi connectivity index (χ2v) is 3.99. The number of nitrogens with zero attached hydrogens (tertiary/aromatic N) is 1. The van der Waals surface area contributed by atoms with Crippen molar-refractivity contribution in [1.82, 2.24) is 0 Å². The highest BCUT2D eigenvalue weighted by molar-refractivity contribution is 9.10. The number of anilines is 1. The summed E-state index contributed by atoms with van der Waals surface area (Å²) in [5.41, 5.74) is 0.464. The van der Waals surface area contributed by atoms with Crippen LogP contribution < -0.4 is 5.32 Å². The fourth-order valence-corrected chi connectivity index (χ4v) is 1.44. The lowest BCUT2D eigenvalue weighted by Crippen LogP contribution is -2.23. The number of aliphatic hydroxyl groups is 2. The number of hydrogen-bond acceptors (Lipinski definition) is 5. The minimum atomic E-state index is -0.897. The number of halogens is 1. The zero-order valence-electron chi connectivity index (χ0n) is 8.26. The first-order chi connectivity index (χ1) is 7.54. The van der Waals surface area contributed by atoms with Gasteiger partial charge in [0.1, 0.15) is 0 Å². The van der Waals surface area contributed by atoms with Gasteiger partial charge in [-0.05, 0) is 22.0 Å². The van der Waals surface area contributed by atoms with Gasteiger partial charge in [0.25, 0.3) is 5.69 Å². The third-order valence-electron chi connectivity index (χ3n) is 1.90. The van der Waals surface area contributed by atoms with Crippen molar-refractivity contribution in [3.8, 4) is 0 Å². The molecule has 1 aromatic rings. The molecule has 0 aromatic heterocycles. The Labute approximate surface area is 100 Å². The molecular weight excluding hydrogens is 280 g/mol. The van der Waals surface area contributed by atoms with E-state index >= 15 is 0 Å². The van der Waals surface area contributed by atoms with E-state index in [-0.39, 0.29) is 18.8 Å². The molecule has 0 fully saturated rings. The molecule has 0 saturated heterocycles. The zero-order chi connectivity index (χ0) is 12.1. The molecule has 0 heterocycles. The van der Waals surface area contributed by atoms with Gasteiger partial charge in [0, 0.05) is 23.2 Å². The van der Waals surface area contributed by atoms with Gasteiger partial charge in [-0.2, -0.15) is 0 Å². The predicted molar refractivity (Wildman–Crippen MR) is 62.4 cm³/mol. The van der Waals surface area contributed by atoms with Crippen LogP contribution in [0.15, 0.2) is 22.7 Å². The van der Waals surface area contributed by atoms with Crippen molar-refractivity contribution in [2.24, 2.45) is 0 Å². The van der Waals surface area contributed by atoms with E-state index in [0.717, 1.165) is 0 Å². The van der Waals surface area contributed by atoms with E-state index in [1.807, 2.05) is 0 Å². The Hall–Kier alpha value is -1.18. The molecule has 1 atom stereocenters. The number of aliphatic hydroxyl groups excluding tert-OH is 2. The van der Waals surface area contributed by atoms with Crippen molar-refractivity contribution in [1.29, 1.82) is 0 Å². The molecule has 88 valence electrons. The van der Waals surface area contributed by atoms with Crippen LogP contribution in [0.25, 0.3) is 0 Å². The summed E-state index contributed by atoms with van der Waals surface area (Å²) in [6.07, 6.45) is -0.897. The number of nitrogens with one attached hydrogen (secondary N) is 1. The highest BCUT2D eigenvalue weighted by Gasteiger charge is 2.10. The molecule has 3 N–H and O–H groups in total. The average Bonchev–Trinajstić information content (AvgIpc) is 2.27. The molecule has 0 aliphatic rings. The smallest absolute Gasteiger partial charge is 0.271 e. The van der Waals surface area contributed by atoms with E-state index in [0.29, 0.717) is 10.2 Å². The Balaban J connectivity index is 2.78. The van der Waals surface area contributed by atoms with Crippen LogP contribution in [0.3, 0.4) is 0 Å². The molecule has 6 nitrogen and oxygen atoms in total. The van der Waals surface area contributed by atoms with E-state index in [1.165, 1.54) is 12.1 Å². The van der Waals surface area contributed by atoms with Crippen molar-refractivity contribution >= 4 is 27.3 Å². The SMILES string of the molecule is O=[N+]([O-])c1ccc(Br)c(NCC(O)CO)c1. The van der Waals surface area contributed by atoms with Gasteiger partial charge in [0.05, 0.1) is 23.3 Å². The van der Waals surface area contributed by atoms with Crippen LogP contribution in [-0.4, -0.2) is 34.4 Å². The molecule has 0 spiro atoms. The van der Waals surface area contributed by atoms with Crippen molar-refractivity contribution < 1.29 is 15.1 Å². The van der Waals surface area contributed by atoms with Gasteiger partial charge in [0.15, 0.2) is 0 Å². The summed E-state index contributed by atoms with van der Waals surface area (Å²) in [4.78, 5) is 10.0. The van der Waals surface area contributed by atoms with Gasteiger partial charge in [-0.3, -0.25) is 10.1 Å². The molecule has 0 aliphatic carbocycles. The summed E-state index contributed by atoms with van der Waals surface area (Å²) in [6, 6.07) is 4.28. The molecule has 16 heavy (non-hydrogen) atoms. The van der Waals surface area contributed by atoms with E-state index in [9.17, 15) is 10.1 Å². The standard InChI is InChI=1S/C9H11BrN2O4/c10-8-2-1-6(12(15)16)3-9(8)11-4-7(14)5-13/h1-3,7,11,13-14H,4-5H2. The first-order valence-corrected chi connectivity index (χ1v) is 5.30. The van der Waals surface area contributed by atoms with E-state index < -0.39 is 11.0 Å². The number of hydrogen-bond donors (Lipinski definition) is 3. The summed E-state index contributed by atoms with van der Waals surface area (Å²) < 4.78 is 0.656. The largest absolute Gasteiger partial charge is 0.394 e. The Bertz CT molecular complexity index is 386. The predicted octanol–water partition coefficient (Wildman–Crippen LogP) is 1.12. The van der Waals surface area contributed by atoms with Crippen LogP contribution in [0.5, 0.6) is 0 Å². The molecule has 7 heteroatoms. The summed E-state index contributed by atoms with van der Waals surface area (Å²) >= 11 is 3.22. The first-order valence-electron chi connectivity index (χ1n) is 4.51. The van der Waals surface area contributed by atoms with E-state index in [1.54, 1.807) is 6.07 Å². The molecule has 1 aromatic carbocycles. The normalized spacial score (nSPS) is 12.2. The van der Waals surface area contributed by atoms with Gasteiger partial charge in [-0.15, -0.1) is 0 Å². The van der Waals surface area contributed by atoms with Gasteiger partial charge < -0.3 is 15.5 Å². The maximum Gasteiger partial charge on any atom is 0.271 e. The highest BCUT2D eigenvalue weighted by Crippen LogP contribution is 2.26. The van der Waals surface area contributed by atoms with Gasteiger partial charge in [-0.1, -0.05) is 0 Å². The molecule has 0 saturated carbocycles. The summed E-state index contributed by atoms with van der Waals surface area (Å²) in [5, 5.41) is 31.1. The number of nitro benzene ring substituents is 1. The molecule has 0 radical (unpaired) electrons. The second kappa shape index (κ2) is 5.78. The number of nitro groups is 1. The lowest BCUT2D eigenvalue weighted by molar-refractivity contribution is -0.384. The van der Waals surface area contributed by atoms with E-state index in [4.69, 9.17) is 10.2 Å². The fourth-order valence-electron chi connectivity index (χ4n) is 1.05. The molecule has 1 unspecified atom stereocenters. The Morgan fingerprint density at radius 1 is 1.56 bits per heavy atom. The van der Waals surface area contributed by atoms with Crippen molar-refractivity contribution in [3.63, 3.8) is 0 Å². The van der Waals surface area contributed by atoms with Crippen LogP contribution >= 0.6 is 15.9 Å². The topological polar surface area (TPSA) is 95.6 Å². The third kappa shape index (κ3) is 3.44. The van der Waals surface area contributed by atoms with Crippen LogP contribution in [0, 0.1) is 10.1 Å². The van der Waals surface area contributed by atoms with Crippen LogP contribution in [-0.2, 0) is 0 Å².